The zero-order chi connectivity index (χ0) is 20.1. The van der Waals surface area contributed by atoms with Gasteiger partial charge in [-0.3, -0.25) is 4.79 Å². The normalized spacial score (nSPS) is 11.4. The number of carbonyl (C=O) groups excluding carboxylic acids is 1. The number of nitrogens with zero attached hydrogens (tertiary/aromatic N) is 2. The molecule has 0 fully saturated rings. The number of benzene rings is 2. The molecule has 0 aliphatic rings. The standard InChI is InChI=1S/C21H18N2O4S/c1-25-17-9-14(10-18(26-2)20(17)27-3)19(24)15(11-22)21-23-16(12-28-21)13-7-5-4-6-8-13/h4-10,12,15H,1-3H3. The van der Waals surface area contributed by atoms with Crippen LogP contribution in [-0.4, -0.2) is 32.1 Å². The molecule has 2 aromatic carbocycles. The van der Waals surface area contributed by atoms with E-state index in [4.69, 9.17) is 14.2 Å². The van der Waals surface area contributed by atoms with Crippen molar-refractivity contribution >= 4 is 17.1 Å². The minimum Gasteiger partial charge on any atom is -0.493 e. The highest BCUT2D eigenvalue weighted by Crippen LogP contribution is 2.39. The molecule has 0 bridgehead atoms. The molecule has 3 aromatic rings. The van der Waals surface area contributed by atoms with Crippen molar-refractivity contribution in [3.63, 3.8) is 0 Å². The molecule has 0 aliphatic carbocycles. The van der Waals surface area contributed by atoms with Crippen LogP contribution in [0.1, 0.15) is 21.3 Å². The molecule has 0 saturated carbocycles. The third-order valence-electron chi connectivity index (χ3n) is 4.18. The molecule has 7 heteroatoms. The minimum atomic E-state index is -1.02. The molecule has 28 heavy (non-hydrogen) atoms. The fraction of sp³-hybridized carbons (Fsp3) is 0.190. The van der Waals surface area contributed by atoms with Gasteiger partial charge in [-0.25, -0.2) is 4.98 Å². The number of thiazole rings is 1. The highest BCUT2D eigenvalue weighted by Gasteiger charge is 2.27. The number of hydrogen-bond acceptors (Lipinski definition) is 7. The molecule has 0 aliphatic heterocycles. The van der Waals surface area contributed by atoms with Gasteiger partial charge < -0.3 is 14.2 Å². The summed E-state index contributed by atoms with van der Waals surface area (Å²) in [5.74, 6) is -0.311. The maximum absolute atomic E-state index is 13.1. The van der Waals surface area contributed by atoms with Gasteiger partial charge in [0.25, 0.3) is 0 Å². The molecule has 6 nitrogen and oxygen atoms in total. The van der Waals surface area contributed by atoms with Gasteiger partial charge in [-0.15, -0.1) is 11.3 Å². The van der Waals surface area contributed by atoms with E-state index < -0.39 is 5.92 Å². The van der Waals surface area contributed by atoms with Crippen LogP contribution in [0.5, 0.6) is 17.2 Å². The van der Waals surface area contributed by atoms with Crippen molar-refractivity contribution in [2.45, 2.75) is 5.92 Å². The summed E-state index contributed by atoms with van der Waals surface area (Å²) in [6, 6.07) is 14.8. The first-order chi connectivity index (χ1) is 13.6. The summed E-state index contributed by atoms with van der Waals surface area (Å²) in [5.41, 5.74) is 1.96. The highest BCUT2D eigenvalue weighted by molar-refractivity contribution is 7.10. The summed E-state index contributed by atoms with van der Waals surface area (Å²) in [7, 11) is 4.43. The van der Waals surface area contributed by atoms with E-state index >= 15 is 0 Å². The van der Waals surface area contributed by atoms with Crippen LogP contribution in [-0.2, 0) is 0 Å². The van der Waals surface area contributed by atoms with Gasteiger partial charge in [0.05, 0.1) is 33.1 Å². The number of carbonyl (C=O) groups is 1. The van der Waals surface area contributed by atoms with Gasteiger partial charge in [-0.2, -0.15) is 5.26 Å². The fourth-order valence-electron chi connectivity index (χ4n) is 2.78. The minimum absolute atomic E-state index is 0.289. The van der Waals surface area contributed by atoms with E-state index in [-0.39, 0.29) is 11.3 Å². The van der Waals surface area contributed by atoms with Crippen molar-refractivity contribution < 1.29 is 19.0 Å². The number of Topliss-reactive ketones (excluding diaryl/α,β-unsaturated/α-hetero) is 1. The number of hydrogen-bond donors (Lipinski definition) is 0. The van der Waals surface area contributed by atoms with Gasteiger partial charge in [0, 0.05) is 16.5 Å². The monoisotopic (exact) mass is 394 g/mol. The first-order valence-corrected chi connectivity index (χ1v) is 9.25. The topological polar surface area (TPSA) is 81.4 Å². The Morgan fingerprint density at radius 2 is 1.71 bits per heavy atom. The summed E-state index contributed by atoms with van der Waals surface area (Å²) in [4.78, 5) is 17.6. The van der Waals surface area contributed by atoms with Crippen molar-refractivity contribution in [2.75, 3.05) is 21.3 Å². The second kappa shape index (κ2) is 8.55. The Balaban J connectivity index is 1.97. The maximum atomic E-state index is 13.1. The molecule has 1 aromatic heterocycles. The Hall–Kier alpha value is -3.37. The van der Waals surface area contributed by atoms with Crippen molar-refractivity contribution in [1.29, 1.82) is 5.26 Å². The van der Waals surface area contributed by atoms with E-state index in [2.05, 4.69) is 11.1 Å². The molecule has 1 unspecified atom stereocenters. The van der Waals surface area contributed by atoms with Crippen LogP contribution >= 0.6 is 11.3 Å². The Morgan fingerprint density at radius 1 is 1.07 bits per heavy atom. The number of aromatic nitrogens is 1. The van der Waals surface area contributed by atoms with Gasteiger partial charge in [0.15, 0.2) is 23.2 Å². The first-order valence-electron chi connectivity index (χ1n) is 8.37. The molecule has 1 heterocycles. The molecule has 3 rings (SSSR count). The third kappa shape index (κ3) is 3.68. The Morgan fingerprint density at radius 3 is 2.25 bits per heavy atom. The Kier molecular flexibility index (Phi) is 5.92. The van der Waals surface area contributed by atoms with Crippen LogP contribution in [0.15, 0.2) is 47.8 Å². The van der Waals surface area contributed by atoms with Gasteiger partial charge in [-0.05, 0) is 12.1 Å². The largest absolute Gasteiger partial charge is 0.493 e. The molecule has 0 amide bonds. The van der Waals surface area contributed by atoms with Gasteiger partial charge in [0.2, 0.25) is 5.75 Å². The summed E-state index contributed by atoms with van der Waals surface area (Å²) in [6.07, 6.45) is 0. The SMILES string of the molecule is COc1cc(C(=O)C(C#N)c2nc(-c3ccccc3)cs2)cc(OC)c1OC. The lowest BCUT2D eigenvalue weighted by Crippen LogP contribution is -2.12. The molecular weight excluding hydrogens is 376 g/mol. The van der Waals surface area contributed by atoms with Crippen molar-refractivity contribution in [3.05, 3.63) is 58.4 Å². The van der Waals surface area contributed by atoms with E-state index in [1.165, 1.54) is 32.7 Å². The van der Waals surface area contributed by atoms with Crippen LogP contribution in [0.4, 0.5) is 0 Å². The Bertz CT molecular complexity index is 999. The van der Waals surface area contributed by atoms with E-state index in [9.17, 15) is 10.1 Å². The molecule has 142 valence electrons. The molecular formula is C21H18N2O4S. The summed E-state index contributed by atoms with van der Waals surface area (Å²) >= 11 is 1.29. The predicted octanol–water partition coefficient (Wildman–Crippen LogP) is 4.33. The first kappa shape index (κ1) is 19.4. The summed E-state index contributed by atoms with van der Waals surface area (Å²) in [6.45, 7) is 0. The maximum Gasteiger partial charge on any atom is 0.203 e. The van der Waals surface area contributed by atoms with Crippen molar-refractivity contribution in [3.8, 4) is 34.6 Å². The number of methoxy groups -OCH3 is 3. The predicted molar refractivity (Wildman–Crippen MR) is 106 cm³/mol. The lowest BCUT2D eigenvalue weighted by atomic mass is 9.98. The molecule has 0 spiro atoms. The van der Waals surface area contributed by atoms with Gasteiger partial charge in [-0.1, -0.05) is 30.3 Å². The number of ether oxygens (including phenoxy) is 3. The molecule has 0 radical (unpaired) electrons. The second-order valence-electron chi connectivity index (χ2n) is 5.78. The highest BCUT2D eigenvalue weighted by atomic mass is 32.1. The lowest BCUT2D eigenvalue weighted by Gasteiger charge is -2.14. The number of nitriles is 1. The second-order valence-corrected chi connectivity index (χ2v) is 6.67. The molecule has 0 N–H and O–H groups in total. The zero-order valence-corrected chi connectivity index (χ0v) is 16.4. The van der Waals surface area contributed by atoms with E-state index in [1.807, 2.05) is 35.7 Å². The average molecular weight is 394 g/mol. The molecule has 1 atom stereocenters. The summed E-state index contributed by atoms with van der Waals surface area (Å²) in [5, 5.41) is 11.9. The fourth-order valence-corrected chi connectivity index (χ4v) is 3.65. The van der Waals surface area contributed by atoms with E-state index in [0.29, 0.717) is 22.3 Å². The van der Waals surface area contributed by atoms with Crippen molar-refractivity contribution in [2.24, 2.45) is 0 Å². The van der Waals surface area contributed by atoms with Crippen LogP contribution in [0.25, 0.3) is 11.3 Å². The van der Waals surface area contributed by atoms with E-state index in [0.717, 1.165) is 11.3 Å². The van der Waals surface area contributed by atoms with E-state index in [1.54, 1.807) is 12.1 Å². The smallest absolute Gasteiger partial charge is 0.203 e. The van der Waals surface area contributed by atoms with Crippen LogP contribution in [0.3, 0.4) is 0 Å². The quantitative estimate of drug-likeness (QED) is 0.555. The zero-order valence-electron chi connectivity index (χ0n) is 15.6. The Labute approximate surface area is 166 Å². The number of rotatable bonds is 7. The molecule has 0 saturated heterocycles. The van der Waals surface area contributed by atoms with Gasteiger partial charge >= 0.3 is 0 Å². The number of ketones is 1. The van der Waals surface area contributed by atoms with Crippen LogP contribution in [0.2, 0.25) is 0 Å². The van der Waals surface area contributed by atoms with Crippen LogP contribution < -0.4 is 14.2 Å². The lowest BCUT2D eigenvalue weighted by molar-refractivity contribution is 0.0978. The van der Waals surface area contributed by atoms with Crippen molar-refractivity contribution in [1.82, 2.24) is 4.98 Å². The summed E-state index contributed by atoms with van der Waals surface area (Å²) < 4.78 is 15.9. The third-order valence-corrected chi connectivity index (χ3v) is 5.09. The van der Waals surface area contributed by atoms with Crippen LogP contribution in [0, 0.1) is 11.3 Å². The average Bonchev–Trinajstić information content (AvgIpc) is 3.23. The van der Waals surface area contributed by atoms with Gasteiger partial charge in [0.1, 0.15) is 5.01 Å².